The predicted molar refractivity (Wildman–Crippen MR) is 330 cm³/mol. The maximum atomic E-state index is 12.8. The summed E-state index contributed by atoms with van der Waals surface area (Å²) < 4.78 is 16.8. The SMILES string of the molecule is CC/C=C\C/C=C\C/C=C\C/C=C\C/C=C\C/C=C\CCCCCCCCCCCCCCC(=O)OCC(COC(=O)CCCCCCCC)OC(=O)CCCCCCCCCCC/C=C\CCCCCCCCCC. The van der Waals surface area contributed by atoms with E-state index in [1.807, 2.05) is 0 Å². The molecule has 0 spiro atoms. The summed E-state index contributed by atoms with van der Waals surface area (Å²) in [6, 6.07) is 0. The van der Waals surface area contributed by atoms with E-state index in [1.165, 1.54) is 186 Å². The van der Waals surface area contributed by atoms with Crippen LogP contribution in [0.15, 0.2) is 85.1 Å². The number of ether oxygens (including phenoxy) is 3. The molecule has 76 heavy (non-hydrogen) atoms. The van der Waals surface area contributed by atoms with Crippen molar-refractivity contribution in [3.8, 4) is 0 Å². The van der Waals surface area contributed by atoms with Crippen LogP contribution in [-0.2, 0) is 28.6 Å². The summed E-state index contributed by atoms with van der Waals surface area (Å²) in [5.74, 6) is -0.877. The van der Waals surface area contributed by atoms with Gasteiger partial charge in [-0.1, -0.05) is 292 Å². The van der Waals surface area contributed by atoms with Gasteiger partial charge in [0.25, 0.3) is 0 Å². The summed E-state index contributed by atoms with van der Waals surface area (Å²) in [7, 11) is 0. The molecule has 0 rings (SSSR count). The van der Waals surface area contributed by atoms with Crippen LogP contribution in [-0.4, -0.2) is 37.2 Å². The Balaban J connectivity index is 4.06. The Morgan fingerprint density at radius 2 is 0.513 bits per heavy atom. The summed E-state index contributed by atoms with van der Waals surface area (Å²) >= 11 is 0. The first-order valence-electron chi connectivity index (χ1n) is 32.6. The van der Waals surface area contributed by atoms with Crippen molar-refractivity contribution >= 4 is 17.9 Å². The van der Waals surface area contributed by atoms with Gasteiger partial charge in [0.05, 0.1) is 0 Å². The normalized spacial score (nSPS) is 12.6. The lowest BCUT2D eigenvalue weighted by Gasteiger charge is -2.18. The summed E-state index contributed by atoms with van der Waals surface area (Å²) in [6.45, 7) is 6.49. The lowest BCUT2D eigenvalue weighted by molar-refractivity contribution is -0.167. The van der Waals surface area contributed by atoms with Gasteiger partial charge in [-0.2, -0.15) is 0 Å². The maximum Gasteiger partial charge on any atom is 0.306 e. The Labute approximate surface area is 471 Å². The number of rotatable bonds is 59. The van der Waals surface area contributed by atoms with Crippen molar-refractivity contribution in [1.82, 2.24) is 0 Å². The molecule has 1 atom stereocenters. The number of carbonyl (C=O) groups excluding carboxylic acids is 3. The second-order valence-corrected chi connectivity index (χ2v) is 21.6. The van der Waals surface area contributed by atoms with Gasteiger partial charge in [-0.05, 0) is 96.3 Å². The third-order valence-corrected chi connectivity index (χ3v) is 14.1. The third kappa shape index (κ3) is 61.4. The van der Waals surface area contributed by atoms with E-state index in [0.717, 1.165) is 96.3 Å². The van der Waals surface area contributed by atoms with Gasteiger partial charge in [-0.15, -0.1) is 0 Å². The molecule has 0 aromatic carbocycles. The molecule has 0 radical (unpaired) electrons. The van der Waals surface area contributed by atoms with Crippen molar-refractivity contribution in [2.45, 2.75) is 329 Å². The van der Waals surface area contributed by atoms with Gasteiger partial charge in [0.15, 0.2) is 6.10 Å². The van der Waals surface area contributed by atoms with Crippen LogP contribution in [0.25, 0.3) is 0 Å². The molecule has 1 unspecified atom stereocenters. The topological polar surface area (TPSA) is 78.9 Å². The number of allylic oxidation sites excluding steroid dienone is 14. The van der Waals surface area contributed by atoms with Crippen LogP contribution in [0.3, 0.4) is 0 Å². The highest BCUT2D eigenvalue weighted by Crippen LogP contribution is 2.17. The fourth-order valence-corrected chi connectivity index (χ4v) is 9.27. The fourth-order valence-electron chi connectivity index (χ4n) is 9.27. The average molecular weight is 1060 g/mol. The fraction of sp³-hybridized carbons (Fsp3) is 0.757. The number of esters is 3. The molecule has 0 aliphatic rings. The summed E-state index contributed by atoms with van der Waals surface area (Å²) in [5.41, 5.74) is 0. The highest BCUT2D eigenvalue weighted by Gasteiger charge is 2.19. The third-order valence-electron chi connectivity index (χ3n) is 14.1. The smallest absolute Gasteiger partial charge is 0.306 e. The Hall–Kier alpha value is -3.41. The zero-order chi connectivity index (χ0) is 55.0. The summed E-state index contributed by atoms with van der Waals surface area (Å²) in [6.07, 6.45) is 84.9. The largest absolute Gasteiger partial charge is 0.462 e. The van der Waals surface area contributed by atoms with Crippen molar-refractivity contribution < 1.29 is 28.6 Å². The van der Waals surface area contributed by atoms with Gasteiger partial charge in [0, 0.05) is 19.3 Å². The van der Waals surface area contributed by atoms with Crippen LogP contribution < -0.4 is 0 Å². The van der Waals surface area contributed by atoms with Crippen molar-refractivity contribution in [2.24, 2.45) is 0 Å². The van der Waals surface area contributed by atoms with Crippen molar-refractivity contribution in [2.75, 3.05) is 13.2 Å². The standard InChI is InChI=1S/C70H122O6/c1-4-7-10-13-16-18-20-22-24-26-28-30-31-32-33-34-35-36-37-38-39-41-42-44-46-48-50-52-54-57-60-63-69(72)75-66-67(65-74-68(71)62-59-56-15-12-9-6-3)76-70(73)64-61-58-55-53-51-49-47-45-43-40-29-27-25-23-21-19-17-14-11-8-5-2/h7,10,16,18,22,24,27-30,32-33,35-36,67H,4-6,8-9,11-15,17,19-21,23,25-26,31,34,37-66H2,1-3H3/b10-7-,18-16-,24-22-,29-27-,30-28-,33-32-,36-35-. The van der Waals surface area contributed by atoms with E-state index < -0.39 is 6.10 Å². The minimum absolute atomic E-state index is 0.0750. The maximum absolute atomic E-state index is 12.8. The second kappa shape index (κ2) is 64.1. The zero-order valence-electron chi connectivity index (χ0n) is 50.3. The van der Waals surface area contributed by atoms with Crippen LogP contribution in [0, 0.1) is 0 Å². The first kappa shape index (κ1) is 72.6. The quantitative estimate of drug-likeness (QED) is 0.0261. The predicted octanol–water partition coefficient (Wildman–Crippen LogP) is 22.3. The Morgan fingerprint density at radius 1 is 0.276 bits per heavy atom. The van der Waals surface area contributed by atoms with Gasteiger partial charge in [-0.25, -0.2) is 0 Å². The van der Waals surface area contributed by atoms with E-state index in [0.29, 0.717) is 19.3 Å². The molecule has 438 valence electrons. The molecule has 0 aliphatic heterocycles. The molecule has 0 heterocycles. The molecule has 0 aromatic rings. The van der Waals surface area contributed by atoms with Crippen LogP contribution in [0.4, 0.5) is 0 Å². The van der Waals surface area contributed by atoms with Crippen molar-refractivity contribution in [3.05, 3.63) is 85.1 Å². The highest BCUT2D eigenvalue weighted by atomic mass is 16.6. The molecule has 0 bridgehead atoms. The van der Waals surface area contributed by atoms with Crippen LogP contribution >= 0.6 is 0 Å². The van der Waals surface area contributed by atoms with Crippen molar-refractivity contribution in [1.29, 1.82) is 0 Å². The number of carbonyl (C=O) groups is 3. The molecular formula is C70H122O6. The monoisotopic (exact) mass is 1060 g/mol. The molecule has 0 aromatic heterocycles. The van der Waals surface area contributed by atoms with E-state index in [2.05, 4.69) is 106 Å². The molecule has 0 fully saturated rings. The van der Waals surface area contributed by atoms with E-state index in [-0.39, 0.29) is 31.1 Å². The van der Waals surface area contributed by atoms with Crippen molar-refractivity contribution in [3.63, 3.8) is 0 Å². The molecule has 0 saturated heterocycles. The van der Waals surface area contributed by atoms with Gasteiger partial charge in [0.2, 0.25) is 0 Å². The Morgan fingerprint density at radius 3 is 0.816 bits per heavy atom. The lowest BCUT2D eigenvalue weighted by Crippen LogP contribution is -2.30. The molecule has 6 heteroatoms. The molecule has 0 N–H and O–H groups in total. The van der Waals surface area contributed by atoms with E-state index in [9.17, 15) is 14.4 Å². The summed E-state index contributed by atoms with van der Waals surface area (Å²) in [4.78, 5) is 38.0. The minimum Gasteiger partial charge on any atom is -0.462 e. The van der Waals surface area contributed by atoms with E-state index >= 15 is 0 Å². The van der Waals surface area contributed by atoms with Gasteiger partial charge < -0.3 is 14.2 Å². The number of unbranched alkanes of at least 4 members (excludes halogenated alkanes) is 34. The molecule has 6 nitrogen and oxygen atoms in total. The second-order valence-electron chi connectivity index (χ2n) is 21.6. The van der Waals surface area contributed by atoms with Crippen LogP contribution in [0.1, 0.15) is 323 Å². The number of hydrogen-bond acceptors (Lipinski definition) is 6. The Kier molecular flexibility index (Phi) is 61.2. The molecule has 0 amide bonds. The lowest BCUT2D eigenvalue weighted by atomic mass is 10.0. The van der Waals surface area contributed by atoms with E-state index in [1.54, 1.807) is 0 Å². The minimum atomic E-state index is -0.774. The highest BCUT2D eigenvalue weighted by molar-refractivity contribution is 5.71. The van der Waals surface area contributed by atoms with Crippen LogP contribution in [0.5, 0.6) is 0 Å². The van der Waals surface area contributed by atoms with E-state index in [4.69, 9.17) is 14.2 Å². The van der Waals surface area contributed by atoms with Gasteiger partial charge >= 0.3 is 17.9 Å². The summed E-state index contributed by atoms with van der Waals surface area (Å²) in [5, 5.41) is 0. The van der Waals surface area contributed by atoms with Gasteiger partial charge in [0.1, 0.15) is 13.2 Å². The first-order chi connectivity index (χ1) is 37.5. The Bertz CT molecular complexity index is 1450. The first-order valence-corrected chi connectivity index (χ1v) is 32.6. The number of hydrogen-bond donors (Lipinski definition) is 0. The molecule has 0 saturated carbocycles. The van der Waals surface area contributed by atoms with Crippen LogP contribution in [0.2, 0.25) is 0 Å². The molecule has 0 aliphatic carbocycles. The molecular weight excluding hydrogens is 937 g/mol. The average Bonchev–Trinajstić information content (AvgIpc) is 3.42. The van der Waals surface area contributed by atoms with Gasteiger partial charge in [-0.3, -0.25) is 14.4 Å². The zero-order valence-corrected chi connectivity index (χ0v) is 50.3.